The minimum absolute atomic E-state index is 0.0665. The van der Waals surface area contributed by atoms with Gasteiger partial charge in [-0.3, -0.25) is 10.1 Å². The molecule has 110 valence electrons. The Bertz CT molecular complexity index is 642. The molecule has 0 bridgehead atoms. The molecule has 0 saturated carbocycles. The summed E-state index contributed by atoms with van der Waals surface area (Å²) in [6.07, 6.45) is 0. The van der Waals surface area contributed by atoms with E-state index in [0.29, 0.717) is 17.1 Å². The lowest BCUT2D eigenvalue weighted by molar-refractivity contribution is -0.385. The average molecular weight is 306 g/mol. The molecule has 0 spiro atoms. The Hall–Kier alpha value is -2.27. The van der Waals surface area contributed by atoms with E-state index in [1.165, 1.54) is 12.1 Å². The van der Waals surface area contributed by atoms with Gasteiger partial charge in [0.15, 0.2) is 0 Å². The van der Waals surface area contributed by atoms with Crippen LogP contribution in [0.2, 0.25) is 5.02 Å². The Morgan fingerprint density at radius 2 is 1.86 bits per heavy atom. The highest BCUT2D eigenvalue weighted by molar-refractivity contribution is 6.30. The van der Waals surface area contributed by atoms with Gasteiger partial charge in [-0.2, -0.15) is 0 Å². The number of halogens is 1. The van der Waals surface area contributed by atoms with Crippen molar-refractivity contribution in [3.8, 4) is 0 Å². The van der Waals surface area contributed by atoms with E-state index in [-0.39, 0.29) is 5.69 Å². The van der Waals surface area contributed by atoms with Crippen LogP contribution in [0.1, 0.15) is 5.56 Å². The second-order valence-electron chi connectivity index (χ2n) is 4.82. The molecule has 0 aliphatic rings. The van der Waals surface area contributed by atoms with Crippen LogP contribution in [-0.4, -0.2) is 19.0 Å². The molecule has 0 aliphatic heterocycles. The third-order valence-electron chi connectivity index (χ3n) is 3.10. The van der Waals surface area contributed by atoms with Crippen LogP contribution in [0.3, 0.4) is 0 Å². The monoisotopic (exact) mass is 305 g/mol. The standard InChI is InChI=1S/C15H16ClN3O2/c1-18(2)14-6-4-13(5-7-14)17-10-11-9-12(16)3-8-15(11)19(20)21/h3-9,17H,10H2,1-2H3. The topological polar surface area (TPSA) is 58.4 Å². The average Bonchev–Trinajstić information content (AvgIpc) is 2.45. The van der Waals surface area contributed by atoms with Gasteiger partial charge in [0.1, 0.15) is 0 Å². The molecule has 0 fully saturated rings. The maximum Gasteiger partial charge on any atom is 0.274 e. The van der Waals surface area contributed by atoms with E-state index in [0.717, 1.165) is 11.4 Å². The normalized spacial score (nSPS) is 10.2. The SMILES string of the molecule is CN(C)c1ccc(NCc2cc(Cl)ccc2[N+](=O)[O-])cc1. The highest BCUT2D eigenvalue weighted by atomic mass is 35.5. The van der Waals surface area contributed by atoms with Gasteiger partial charge in [0.2, 0.25) is 0 Å². The minimum Gasteiger partial charge on any atom is -0.381 e. The molecule has 0 unspecified atom stereocenters. The van der Waals surface area contributed by atoms with Gasteiger partial charge in [-0.05, 0) is 36.4 Å². The summed E-state index contributed by atoms with van der Waals surface area (Å²) in [6.45, 7) is 0.345. The molecule has 5 nitrogen and oxygen atoms in total. The van der Waals surface area contributed by atoms with E-state index in [2.05, 4.69) is 5.32 Å². The zero-order valence-corrected chi connectivity index (χ0v) is 12.6. The third kappa shape index (κ3) is 3.86. The highest BCUT2D eigenvalue weighted by Crippen LogP contribution is 2.24. The molecule has 0 aliphatic carbocycles. The van der Waals surface area contributed by atoms with Gasteiger partial charge in [0.05, 0.1) is 10.5 Å². The fourth-order valence-electron chi connectivity index (χ4n) is 1.95. The maximum atomic E-state index is 11.0. The number of hydrogen-bond donors (Lipinski definition) is 1. The third-order valence-corrected chi connectivity index (χ3v) is 3.34. The van der Waals surface area contributed by atoms with Crippen LogP contribution >= 0.6 is 11.6 Å². The lowest BCUT2D eigenvalue weighted by atomic mass is 10.1. The van der Waals surface area contributed by atoms with E-state index in [1.807, 2.05) is 43.3 Å². The second-order valence-corrected chi connectivity index (χ2v) is 5.26. The Labute approximate surface area is 128 Å². The lowest BCUT2D eigenvalue weighted by Gasteiger charge is -2.13. The predicted molar refractivity (Wildman–Crippen MR) is 86.2 cm³/mol. The van der Waals surface area contributed by atoms with Crippen molar-refractivity contribution in [1.82, 2.24) is 0 Å². The zero-order valence-electron chi connectivity index (χ0n) is 11.8. The molecule has 1 N–H and O–H groups in total. The van der Waals surface area contributed by atoms with E-state index in [1.54, 1.807) is 6.07 Å². The van der Waals surface area contributed by atoms with E-state index in [9.17, 15) is 10.1 Å². The number of nitro groups is 1. The Morgan fingerprint density at radius 1 is 1.19 bits per heavy atom. The summed E-state index contributed by atoms with van der Waals surface area (Å²) in [7, 11) is 3.94. The van der Waals surface area contributed by atoms with Gasteiger partial charge in [0, 0.05) is 43.1 Å². The summed E-state index contributed by atoms with van der Waals surface area (Å²) in [6, 6.07) is 12.4. The summed E-state index contributed by atoms with van der Waals surface area (Å²) in [5.41, 5.74) is 2.62. The summed E-state index contributed by atoms with van der Waals surface area (Å²) in [5.74, 6) is 0. The first kappa shape index (κ1) is 15.1. The number of nitrogens with zero attached hydrogens (tertiary/aromatic N) is 2. The van der Waals surface area contributed by atoms with Gasteiger partial charge in [-0.1, -0.05) is 11.6 Å². The first-order valence-electron chi connectivity index (χ1n) is 6.41. The summed E-state index contributed by atoms with van der Waals surface area (Å²) >= 11 is 5.90. The van der Waals surface area contributed by atoms with E-state index >= 15 is 0 Å². The fraction of sp³-hybridized carbons (Fsp3) is 0.200. The van der Waals surface area contributed by atoms with E-state index in [4.69, 9.17) is 11.6 Å². The number of nitro benzene ring substituents is 1. The number of hydrogen-bond acceptors (Lipinski definition) is 4. The van der Waals surface area contributed by atoms with Gasteiger partial charge < -0.3 is 10.2 Å². The fourth-order valence-corrected chi connectivity index (χ4v) is 2.14. The smallest absolute Gasteiger partial charge is 0.274 e. The van der Waals surface area contributed by atoms with Crippen molar-refractivity contribution in [2.45, 2.75) is 6.54 Å². The predicted octanol–water partition coefficient (Wildman–Crippen LogP) is 3.93. The first-order valence-corrected chi connectivity index (χ1v) is 6.79. The van der Waals surface area contributed by atoms with Crippen LogP contribution in [0.4, 0.5) is 17.1 Å². The molecule has 0 amide bonds. The quantitative estimate of drug-likeness (QED) is 0.672. The van der Waals surface area contributed by atoms with Gasteiger partial charge in [-0.25, -0.2) is 0 Å². The molecule has 0 atom stereocenters. The molecule has 21 heavy (non-hydrogen) atoms. The van der Waals surface area contributed by atoms with Crippen molar-refractivity contribution in [1.29, 1.82) is 0 Å². The maximum absolute atomic E-state index is 11.0. The van der Waals surface area contributed by atoms with Gasteiger partial charge >= 0.3 is 0 Å². The molecule has 0 heterocycles. The van der Waals surface area contributed by atoms with Crippen molar-refractivity contribution in [2.24, 2.45) is 0 Å². The van der Waals surface area contributed by atoms with Crippen molar-refractivity contribution < 1.29 is 4.92 Å². The number of benzene rings is 2. The van der Waals surface area contributed by atoms with Crippen LogP contribution in [-0.2, 0) is 6.54 Å². The summed E-state index contributed by atoms with van der Waals surface area (Å²) < 4.78 is 0. The number of nitrogens with one attached hydrogen (secondary N) is 1. The van der Waals surface area contributed by atoms with Crippen LogP contribution < -0.4 is 10.2 Å². The molecular weight excluding hydrogens is 290 g/mol. The molecule has 0 radical (unpaired) electrons. The number of anilines is 2. The zero-order chi connectivity index (χ0) is 15.4. The van der Waals surface area contributed by atoms with Crippen molar-refractivity contribution in [3.63, 3.8) is 0 Å². The van der Waals surface area contributed by atoms with Crippen molar-refractivity contribution >= 4 is 28.7 Å². The van der Waals surface area contributed by atoms with Crippen LogP contribution in [0, 0.1) is 10.1 Å². The Kier molecular flexibility index (Phi) is 4.65. The summed E-state index contributed by atoms with van der Waals surface area (Å²) in [4.78, 5) is 12.6. The molecule has 2 aromatic carbocycles. The molecule has 0 saturated heterocycles. The molecule has 2 aromatic rings. The van der Waals surface area contributed by atoms with Crippen LogP contribution in [0.25, 0.3) is 0 Å². The highest BCUT2D eigenvalue weighted by Gasteiger charge is 2.13. The Balaban J connectivity index is 2.12. The van der Waals surface area contributed by atoms with Gasteiger partial charge in [-0.15, -0.1) is 0 Å². The molecule has 2 rings (SSSR count). The molecule has 0 aromatic heterocycles. The largest absolute Gasteiger partial charge is 0.381 e. The van der Waals surface area contributed by atoms with Crippen molar-refractivity contribution in [3.05, 3.63) is 63.2 Å². The molecular formula is C15H16ClN3O2. The first-order chi connectivity index (χ1) is 9.97. The van der Waals surface area contributed by atoms with Crippen LogP contribution in [0.5, 0.6) is 0 Å². The molecule has 6 heteroatoms. The minimum atomic E-state index is -0.400. The van der Waals surface area contributed by atoms with Crippen LogP contribution in [0.15, 0.2) is 42.5 Å². The summed E-state index contributed by atoms with van der Waals surface area (Å²) in [5, 5.41) is 14.6. The lowest BCUT2D eigenvalue weighted by Crippen LogP contribution is -2.08. The van der Waals surface area contributed by atoms with E-state index < -0.39 is 4.92 Å². The number of rotatable bonds is 5. The second kappa shape index (κ2) is 6.45. The Morgan fingerprint density at radius 3 is 2.43 bits per heavy atom. The van der Waals surface area contributed by atoms with Crippen molar-refractivity contribution in [2.75, 3.05) is 24.3 Å². The van der Waals surface area contributed by atoms with Gasteiger partial charge in [0.25, 0.3) is 5.69 Å².